The van der Waals surface area contributed by atoms with E-state index in [1.54, 1.807) is 6.92 Å². The summed E-state index contributed by atoms with van der Waals surface area (Å²) in [5.41, 5.74) is -0.0535. The standard InChI is InChI=1S/C21H22BrCl2N2O5P/c1-21(13-14-4-6-15(22)7-5-14)19(27)26(18-11-16(23)10-17(24)12-18)20(28)25(21)8-2-3-9-32(29,30)31/h4-7,10-12H,2-3,8-9,13H2,1H3,(H2,29,30,31)/t21-/m1/s1. The van der Waals surface area contributed by atoms with Crippen molar-refractivity contribution in [2.75, 3.05) is 17.6 Å². The van der Waals surface area contributed by atoms with Gasteiger partial charge in [0, 0.05) is 33.6 Å². The maximum atomic E-state index is 13.6. The SMILES string of the molecule is C[C@@]1(Cc2ccc(Br)cc2)C(=O)N(c2cc(Cl)cc(Cl)c2)C(=O)N1CCCCP(=O)(O)O. The van der Waals surface area contributed by atoms with Crippen LogP contribution in [0, 0.1) is 0 Å². The number of hydrogen-bond acceptors (Lipinski definition) is 3. The summed E-state index contributed by atoms with van der Waals surface area (Å²) in [7, 11) is -4.13. The molecular formula is C21H22BrCl2N2O5P. The summed E-state index contributed by atoms with van der Waals surface area (Å²) in [4.78, 5) is 47.7. The minimum atomic E-state index is -4.13. The molecule has 1 aliphatic rings. The molecular weight excluding hydrogens is 542 g/mol. The van der Waals surface area contributed by atoms with Crippen LogP contribution in [0.25, 0.3) is 0 Å². The van der Waals surface area contributed by atoms with Gasteiger partial charge < -0.3 is 14.7 Å². The number of hydrogen-bond donors (Lipinski definition) is 2. The van der Waals surface area contributed by atoms with Gasteiger partial charge in [-0.2, -0.15) is 0 Å². The largest absolute Gasteiger partial charge is 0.332 e. The lowest BCUT2D eigenvalue weighted by Gasteiger charge is -2.32. The molecule has 0 unspecified atom stereocenters. The Morgan fingerprint density at radius 2 is 1.62 bits per heavy atom. The van der Waals surface area contributed by atoms with Crippen LogP contribution >= 0.6 is 46.7 Å². The first-order valence-electron chi connectivity index (χ1n) is 9.82. The van der Waals surface area contributed by atoms with Crippen LogP contribution in [-0.4, -0.2) is 44.9 Å². The number of rotatable bonds is 8. The Bertz CT molecular complexity index is 1060. The molecule has 0 saturated carbocycles. The summed E-state index contributed by atoms with van der Waals surface area (Å²) in [5, 5.41) is 0.589. The summed E-state index contributed by atoms with van der Waals surface area (Å²) < 4.78 is 12.1. The molecule has 3 rings (SSSR count). The third-order valence-electron chi connectivity index (χ3n) is 5.33. The predicted octanol–water partition coefficient (Wildman–Crippen LogP) is 5.48. The van der Waals surface area contributed by atoms with Gasteiger partial charge in [0.05, 0.1) is 5.69 Å². The molecule has 0 aromatic heterocycles. The van der Waals surface area contributed by atoms with Crippen molar-refractivity contribution >= 4 is 64.4 Å². The van der Waals surface area contributed by atoms with E-state index in [0.717, 1.165) is 14.9 Å². The van der Waals surface area contributed by atoms with Gasteiger partial charge in [0.1, 0.15) is 5.54 Å². The molecule has 1 aliphatic heterocycles. The van der Waals surface area contributed by atoms with Crippen LogP contribution in [0.15, 0.2) is 46.9 Å². The molecule has 3 amide bonds. The lowest BCUT2D eigenvalue weighted by Crippen LogP contribution is -2.49. The Hall–Kier alpha value is -1.41. The highest BCUT2D eigenvalue weighted by Gasteiger charge is 2.54. The average Bonchev–Trinajstić information content (AvgIpc) is 2.85. The highest BCUT2D eigenvalue weighted by atomic mass is 79.9. The van der Waals surface area contributed by atoms with Gasteiger partial charge in [0.2, 0.25) is 0 Å². The molecule has 172 valence electrons. The van der Waals surface area contributed by atoms with Gasteiger partial charge in [0.25, 0.3) is 5.91 Å². The van der Waals surface area contributed by atoms with E-state index < -0.39 is 25.1 Å². The molecule has 1 heterocycles. The first kappa shape index (κ1) is 25.2. The topological polar surface area (TPSA) is 98.2 Å². The fourth-order valence-corrected chi connectivity index (χ4v) is 5.19. The van der Waals surface area contributed by atoms with Gasteiger partial charge >= 0.3 is 13.6 Å². The molecule has 1 atom stereocenters. The Balaban J connectivity index is 1.93. The van der Waals surface area contributed by atoms with Crippen molar-refractivity contribution in [3.05, 3.63) is 62.5 Å². The van der Waals surface area contributed by atoms with Gasteiger partial charge in [-0.05, 0) is 55.7 Å². The Labute approximate surface area is 204 Å². The summed E-state index contributed by atoms with van der Waals surface area (Å²) in [6, 6.07) is 11.5. The summed E-state index contributed by atoms with van der Waals surface area (Å²) in [5.74, 6) is -0.418. The van der Waals surface area contributed by atoms with Crippen molar-refractivity contribution in [2.24, 2.45) is 0 Å². The zero-order chi connectivity index (χ0) is 23.7. The zero-order valence-electron chi connectivity index (χ0n) is 17.2. The highest BCUT2D eigenvalue weighted by molar-refractivity contribution is 9.10. The Morgan fingerprint density at radius 1 is 1.03 bits per heavy atom. The summed E-state index contributed by atoms with van der Waals surface area (Å²) in [6.07, 6.45) is 0.554. The number of carbonyl (C=O) groups is 2. The smallest absolute Gasteiger partial charge is 0.324 e. The summed E-state index contributed by atoms with van der Waals surface area (Å²) >= 11 is 15.6. The van der Waals surface area contributed by atoms with Gasteiger partial charge in [-0.1, -0.05) is 51.3 Å². The molecule has 0 radical (unpaired) electrons. The fourth-order valence-electron chi connectivity index (χ4n) is 3.77. The van der Waals surface area contributed by atoms with Crippen LogP contribution in [0.2, 0.25) is 10.0 Å². The van der Waals surface area contributed by atoms with Crippen molar-refractivity contribution < 1.29 is 23.9 Å². The Morgan fingerprint density at radius 3 is 2.19 bits per heavy atom. The second kappa shape index (κ2) is 9.84. The molecule has 7 nitrogen and oxygen atoms in total. The number of benzene rings is 2. The van der Waals surface area contributed by atoms with E-state index in [9.17, 15) is 14.2 Å². The molecule has 1 fully saturated rings. The van der Waals surface area contributed by atoms with E-state index in [4.69, 9.17) is 33.0 Å². The second-order valence-corrected chi connectivity index (χ2v) is 11.4. The number of nitrogens with zero attached hydrogens (tertiary/aromatic N) is 2. The summed E-state index contributed by atoms with van der Waals surface area (Å²) in [6.45, 7) is 1.87. The fraction of sp³-hybridized carbons (Fsp3) is 0.333. The molecule has 0 aliphatic carbocycles. The molecule has 11 heteroatoms. The van der Waals surface area contributed by atoms with Crippen LogP contribution in [0.4, 0.5) is 10.5 Å². The van der Waals surface area contributed by atoms with Crippen LogP contribution in [0.5, 0.6) is 0 Å². The van der Waals surface area contributed by atoms with E-state index in [-0.39, 0.29) is 31.2 Å². The lowest BCUT2D eigenvalue weighted by atomic mass is 9.91. The van der Waals surface area contributed by atoms with Gasteiger partial charge in [-0.25, -0.2) is 9.69 Å². The zero-order valence-corrected chi connectivity index (χ0v) is 21.2. The number of amides is 3. The maximum absolute atomic E-state index is 13.6. The van der Waals surface area contributed by atoms with Crippen molar-refractivity contribution in [3.63, 3.8) is 0 Å². The number of anilines is 1. The predicted molar refractivity (Wildman–Crippen MR) is 128 cm³/mol. The molecule has 32 heavy (non-hydrogen) atoms. The lowest BCUT2D eigenvalue weighted by molar-refractivity contribution is -0.124. The molecule has 2 aromatic carbocycles. The quantitative estimate of drug-likeness (QED) is 0.252. The van der Waals surface area contributed by atoms with Crippen LogP contribution in [0.3, 0.4) is 0 Å². The van der Waals surface area contributed by atoms with E-state index in [1.807, 2.05) is 24.3 Å². The molecule has 2 N–H and O–H groups in total. The van der Waals surface area contributed by atoms with Crippen LogP contribution in [0.1, 0.15) is 25.3 Å². The van der Waals surface area contributed by atoms with Crippen LogP contribution < -0.4 is 4.90 Å². The van der Waals surface area contributed by atoms with Crippen molar-refractivity contribution in [1.29, 1.82) is 0 Å². The highest BCUT2D eigenvalue weighted by Crippen LogP contribution is 2.38. The number of unbranched alkanes of at least 4 members (excludes halogenated alkanes) is 1. The molecule has 0 bridgehead atoms. The van der Waals surface area contributed by atoms with E-state index in [2.05, 4.69) is 15.9 Å². The van der Waals surface area contributed by atoms with Crippen LogP contribution in [-0.2, 0) is 15.8 Å². The van der Waals surface area contributed by atoms with E-state index in [0.29, 0.717) is 16.5 Å². The first-order chi connectivity index (χ1) is 14.9. The third kappa shape index (κ3) is 5.74. The number of carbonyl (C=O) groups excluding carboxylic acids is 2. The number of urea groups is 1. The van der Waals surface area contributed by atoms with Crippen molar-refractivity contribution in [2.45, 2.75) is 31.7 Å². The Kier molecular flexibility index (Phi) is 7.75. The van der Waals surface area contributed by atoms with Crippen molar-refractivity contribution in [1.82, 2.24) is 4.90 Å². The van der Waals surface area contributed by atoms with Crippen molar-refractivity contribution in [3.8, 4) is 0 Å². The van der Waals surface area contributed by atoms with Gasteiger partial charge in [0.15, 0.2) is 0 Å². The van der Waals surface area contributed by atoms with E-state index in [1.165, 1.54) is 23.1 Å². The molecule has 2 aromatic rings. The average molecular weight is 564 g/mol. The maximum Gasteiger partial charge on any atom is 0.332 e. The van der Waals surface area contributed by atoms with E-state index >= 15 is 0 Å². The molecule has 0 spiro atoms. The number of halogens is 3. The molecule has 1 saturated heterocycles. The second-order valence-electron chi connectivity index (χ2n) is 7.87. The van der Waals surface area contributed by atoms with Gasteiger partial charge in [-0.15, -0.1) is 0 Å². The number of imide groups is 1. The minimum Gasteiger partial charge on any atom is -0.324 e. The first-order valence-corrected chi connectivity index (χ1v) is 13.2. The monoisotopic (exact) mass is 562 g/mol. The van der Waals surface area contributed by atoms with Gasteiger partial charge in [-0.3, -0.25) is 9.36 Å². The normalized spacial score (nSPS) is 19.2. The minimum absolute atomic E-state index is 0.169. The third-order valence-corrected chi connectivity index (χ3v) is 7.19.